The molecule has 2 unspecified atom stereocenters. The molecule has 18 heavy (non-hydrogen) atoms. The van der Waals surface area contributed by atoms with E-state index in [-0.39, 0.29) is 5.91 Å². The Hall–Kier alpha value is -1.29. The zero-order valence-electron chi connectivity index (χ0n) is 10.8. The Morgan fingerprint density at radius 1 is 1.56 bits per heavy atom. The van der Waals surface area contributed by atoms with Crippen LogP contribution >= 0.6 is 0 Å². The zero-order valence-corrected chi connectivity index (χ0v) is 10.8. The minimum Gasteiger partial charge on any atom is -0.469 e. The molecule has 1 N–H and O–H groups in total. The van der Waals surface area contributed by atoms with E-state index in [0.29, 0.717) is 12.0 Å². The van der Waals surface area contributed by atoms with E-state index in [1.807, 2.05) is 11.8 Å². The average Bonchev–Trinajstić information content (AvgIpc) is 3.03. The van der Waals surface area contributed by atoms with Crippen LogP contribution in [0.5, 0.6) is 0 Å². The van der Waals surface area contributed by atoms with E-state index in [2.05, 4.69) is 5.32 Å². The van der Waals surface area contributed by atoms with Crippen LogP contribution in [0.3, 0.4) is 0 Å². The number of amides is 1. The van der Waals surface area contributed by atoms with Crippen molar-refractivity contribution in [3.05, 3.63) is 23.7 Å². The standard InChI is InChI=1S/C14H20N2O2/c1-2-13-11(5-7-18-13)14(17)16-8-10-4-3-6-15-12(10)9-16/h5,7,10,12,15H,2-4,6,8-9H2,1H3. The second-order valence-electron chi connectivity index (χ2n) is 5.28. The molecule has 3 rings (SSSR count). The van der Waals surface area contributed by atoms with Crippen molar-refractivity contribution in [2.24, 2.45) is 5.92 Å². The number of nitrogens with one attached hydrogen (secondary N) is 1. The lowest BCUT2D eigenvalue weighted by molar-refractivity contribution is 0.0783. The highest BCUT2D eigenvalue weighted by Crippen LogP contribution is 2.26. The first-order valence-electron chi connectivity index (χ1n) is 6.88. The molecule has 0 saturated carbocycles. The highest BCUT2D eigenvalue weighted by molar-refractivity contribution is 5.95. The monoisotopic (exact) mass is 248 g/mol. The minimum atomic E-state index is 0.136. The molecule has 0 spiro atoms. The quantitative estimate of drug-likeness (QED) is 0.866. The smallest absolute Gasteiger partial charge is 0.257 e. The van der Waals surface area contributed by atoms with Crippen LogP contribution in [-0.2, 0) is 6.42 Å². The van der Waals surface area contributed by atoms with Crippen LogP contribution in [-0.4, -0.2) is 36.5 Å². The van der Waals surface area contributed by atoms with Gasteiger partial charge >= 0.3 is 0 Å². The van der Waals surface area contributed by atoms with E-state index >= 15 is 0 Å². The van der Waals surface area contributed by atoms with E-state index < -0.39 is 0 Å². The Bertz CT molecular complexity index is 427. The Balaban J connectivity index is 1.74. The summed E-state index contributed by atoms with van der Waals surface area (Å²) in [6.07, 6.45) is 4.86. The number of hydrogen-bond acceptors (Lipinski definition) is 3. The van der Waals surface area contributed by atoms with Gasteiger partial charge in [-0.05, 0) is 31.4 Å². The van der Waals surface area contributed by atoms with Crippen LogP contribution in [0.25, 0.3) is 0 Å². The maximum absolute atomic E-state index is 12.5. The number of carbonyl (C=O) groups is 1. The lowest BCUT2D eigenvalue weighted by Gasteiger charge is -2.24. The molecule has 2 fully saturated rings. The van der Waals surface area contributed by atoms with Gasteiger partial charge in [0.25, 0.3) is 5.91 Å². The molecule has 2 atom stereocenters. The predicted molar refractivity (Wildman–Crippen MR) is 68.5 cm³/mol. The van der Waals surface area contributed by atoms with Crippen molar-refractivity contribution in [2.45, 2.75) is 32.2 Å². The number of fused-ring (bicyclic) bond motifs is 1. The highest BCUT2D eigenvalue weighted by Gasteiger charge is 2.37. The summed E-state index contributed by atoms with van der Waals surface area (Å²) in [6.45, 7) is 4.85. The molecule has 0 bridgehead atoms. The number of carbonyl (C=O) groups excluding carboxylic acids is 1. The molecular formula is C14H20N2O2. The van der Waals surface area contributed by atoms with Crippen molar-refractivity contribution >= 4 is 5.91 Å². The summed E-state index contributed by atoms with van der Waals surface area (Å²) in [5, 5.41) is 3.52. The van der Waals surface area contributed by atoms with Gasteiger partial charge in [-0.25, -0.2) is 0 Å². The number of rotatable bonds is 2. The molecule has 0 aromatic carbocycles. The van der Waals surface area contributed by atoms with E-state index in [1.54, 1.807) is 12.3 Å². The first-order valence-corrected chi connectivity index (χ1v) is 6.88. The second-order valence-corrected chi connectivity index (χ2v) is 5.28. The molecular weight excluding hydrogens is 228 g/mol. The average molecular weight is 248 g/mol. The van der Waals surface area contributed by atoms with Crippen molar-refractivity contribution in [2.75, 3.05) is 19.6 Å². The fourth-order valence-corrected chi connectivity index (χ4v) is 3.19. The molecule has 1 aromatic rings. The van der Waals surface area contributed by atoms with Gasteiger partial charge in [0, 0.05) is 25.6 Å². The van der Waals surface area contributed by atoms with Gasteiger partial charge in [-0.1, -0.05) is 6.92 Å². The molecule has 98 valence electrons. The van der Waals surface area contributed by atoms with Gasteiger partial charge in [0.15, 0.2) is 0 Å². The summed E-state index contributed by atoms with van der Waals surface area (Å²) < 4.78 is 5.35. The van der Waals surface area contributed by atoms with Gasteiger partial charge in [-0.15, -0.1) is 0 Å². The maximum atomic E-state index is 12.5. The minimum absolute atomic E-state index is 0.136. The van der Waals surface area contributed by atoms with Crippen molar-refractivity contribution in [1.29, 1.82) is 0 Å². The largest absolute Gasteiger partial charge is 0.469 e. The zero-order chi connectivity index (χ0) is 12.5. The molecule has 1 amide bonds. The number of hydrogen-bond donors (Lipinski definition) is 1. The molecule has 1 aromatic heterocycles. The van der Waals surface area contributed by atoms with E-state index in [1.165, 1.54) is 12.8 Å². The van der Waals surface area contributed by atoms with E-state index in [9.17, 15) is 4.79 Å². The van der Waals surface area contributed by atoms with Crippen molar-refractivity contribution in [1.82, 2.24) is 10.2 Å². The van der Waals surface area contributed by atoms with Crippen LogP contribution in [0.1, 0.15) is 35.9 Å². The van der Waals surface area contributed by atoms with Gasteiger partial charge < -0.3 is 14.6 Å². The Morgan fingerprint density at radius 2 is 2.44 bits per heavy atom. The molecule has 2 saturated heterocycles. The van der Waals surface area contributed by atoms with E-state index in [4.69, 9.17) is 4.42 Å². The lowest BCUT2D eigenvalue weighted by Crippen LogP contribution is -2.41. The third kappa shape index (κ3) is 1.94. The Morgan fingerprint density at radius 3 is 3.22 bits per heavy atom. The number of nitrogens with zero attached hydrogens (tertiary/aromatic N) is 1. The summed E-state index contributed by atoms with van der Waals surface area (Å²) >= 11 is 0. The van der Waals surface area contributed by atoms with Gasteiger partial charge in [-0.2, -0.15) is 0 Å². The van der Waals surface area contributed by atoms with Gasteiger partial charge in [-0.3, -0.25) is 4.79 Å². The highest BCUT2D eigenvalue weighted by atomic mass is 16.3. The van der Waals surface area contributed by atoms with Crippen molar-refractivity contribution in [3.8, 4) is 0 Å². The number of likely N-dealkylation sites (tertiary alicyclic amines) is 1. The molecule has 2 aliphatic rings. The SMILES string of the molecule is CCc1occc1C(=O)N1CC2CCCNC2C1. The summed E-state index contributed by atoms with van der Waals surface area (Å²) in [5.74, 6) is 1.58. The first-order chi connectivity index (χ1) is 8.79. The summed E-state index contributed by atoms with van der Waals surface area (Å²) in [6, 6.07) is 2.30. The second kappa shape index (κ2) is 4.76. The van der Waals surface area contributed by atoms with Crippen LogP contribution < -0.4 is 5.32 Å². The van der Waals surface area contributed by atoms with Crippen molar-refractivity contribution in [3.63, 3.8) is 0 Å². The van der Waals surface area contributed by atoms with Crippen LogP contribution in [0.4, 0.5) is 0 Å². The fourth-order valence-electron chi connectivity index (χ4n) is 3.19. The van der Waals surface area contributed by atoms with Gasteiger partial charge in [0.05, 0.1) is 11.8 Å². The first kappa shape index (κ1) is 11.8. The van der Waals surface area contributed by atoms with Gasteiger partial charge in [0.1, 0.15) is 5.76 Å². The summed E-state index contributed by atoms with van der Waals surface area (Å²) in [5.41, 5.74) is 0.746. The third-order valence-electron chi connectivity index (χ3n) is 4.18. The van der Waals surface area contributed by atoms with E-state index in [0.717, 1.165) is 37.4 Å². The Kier molecular flexibility index (Phi) is 3.12. The summed E-state index contributed by atoms with van der Waals surface area (Å²) in [7, 11) is 0. The topological polar surface area (TPSA) is 45.5 Å². The summed E-state index contributed by atoms with van der Waals surface area (Å²) in [4.78, 5) is 14.5. The Labute approximate surface area is 107 Å². The van der Waals surface area contributed by atoms with Gasteiger partial charge in [0.2, 0.25) is 0 Å². The molecule has 3 heterocycles. The maximum Gasteiger partial charge on any atom is 0.257 e. The number of furan rings is 1. The fraction of sp³-hybridized carbons (Fsp3) is 0.643. The molecule has 2 aliphatic heterocycles. The van der Waals surface area contributed by atoms with Crippen LogP contribution in [0, 0.1) is 5.92 Å². The van der Waals surface area contributed by atoms with Crippen LogP contribution in [0.15, 0.2) is 16.7 Å². The molecule has 4 nitrogen and oxygen atoms in total. The van der Waals surface area contributed by atoms with Crippen LogP contribution in [0.2, 0.25) is 0 Å². The molecule has 0 radical (unpaired) electrons. The van der Waals surface area contributed by atoms with Crippen molar-refractivity contribution < 1.29 is 9.21 Å². The third-order valence-corrected chi connectivity index (χ3v) is 4.18. The molecule has 0 aliphatic carbocycles. The predicted octanol–water partition coefficient (Wildman–Crippen LogP) is 1.67. The number of aryl methyl sites for hydroxylation is 1. The normalized spacial score (nSPS) is 27.3. The number of piperidine rings is 1. The lowest BCUT2D eigenvalue weighted by atomic mass is 9.94. The molecule has 4 heteroatoms.